The first-order chi connectivity index (χ1) is 10.1. The van der Waals surface area contributed by atoms with E-state index in [1.54, 1.807) is 17.2 Å². The smallest absolute Gasteiger partial charge is 0.305 e. The monoisotopic (exact) mass is 285 g/mol. The molecule has 2 aromatic rings. The summed E-state index contributed by atoms with van der Waals surface area (Å²) in [4.78, 5) is 24.8. The molecule has 0 spiro atoms. The Hall–Kier alpha value is -2.63. The summed E-state index contributed by atoms with van der Waals surface area (Å²) >= 11 is 0. The lowest BCUT2D eigenvalue weighted by Gasteiger charge is -2.15. The molecule has 0 radical (unpaired) electrons. The summed E-state index contributed by atoms with van der Waals surface area (Å²) in [6, 6.07) is 9.46. The Morgan fingerprint density at radius 2 is 2.05 bits per heavy atom. The molecule has 1 aromatic heterocycles. The van der Waals surface area contributed by atoms with Crippen LogP contribution in [-0.2, 0) is 17.8 Å². The van der Waals surface area contributed by atoms with Gasteiger partial charge in [-0.05, 0) is 24.1 Å². The number of hydrogen-bond donors (Lipinski definition) is 1. The maximum Gasteiger partial charge on any atom is 0.305 e. The van der Waals surface area contributed by atoms with E-state index in [1.165, 1.54) is 4.68 Å². The highest BCUT2D eigenvalue weighted by atomic mass is 16.4. The third-order valence-corrected chi connectivity index (χ3v) is 3.55. The Morgan fingerprint density at radius 1 is 1.24 bits per heavy atom. The van der Waals surface area contributed by atoms with Gasteiger partial charge in [0.05, 0.1) is 13.0 Å². The number of aryl methyl sites for hydroxylation is 1. The molecule has 6 nitrogen and oxygen atoms in total. The second-order valence-electron chi connectivity index (χ2n) is 4.94. The first-order valence-electron chi connectivity index (χ1n) is 6.80. The Bertz CT molecular complexity index is 693. The summed E-state index contributed by atoms with van der Waals surface area (Å²) in [7, 11) is 0. The standard InChI is InChI=1S/C15H15N3O3/c19-14(20)7-9-17-8-6-12(16-17)15(21)18-10-5-11-3-1-2-4-13(11)18/h1-4,6,8H,5,7,9-10H2,(H,19,20). The van der Waals surface area contributed by atoms with Gasteiger partial charge in [0.15, 0.2) is 5.69 Å². The lowest BCUT2D eigenvalue weighted by atomic mass is 10.2. The zero-order valence-corrected chi connectivity index (χ0v) is 11.4. The quantitative estimate of drug-likeness (QED) is 0.925. The van der Waals surface area contributed by atoms with Crippen LogP contribution in [0, 0.1) is 0 Å². The Balaban J connectivity index is 1.76. The molecule has 0 bridgehead atoms. The van der Waals surface area contributed by atoms with Crippen LogP contribution in [0.3, 0.4) is 0 Å². The second-order valence-corrected chi connectivity index (χ2v) is 4.94. The van der Waals surface area contributed by atoms with Crippen LogP contribution in [-0.4, -0.2) is 33.3 Å². The average Bonchev–Trinajstić information content (AvgIpc) is 3.11. The van der Waals surface area contributed by atoms with Gasteiger partial charge >= 0.3 is 5.97 Å². The minimum absolute atomic E-state index is 0.0120. The van der Waals surface area contributed by atoms with Crippen molar-refractivity contribution in [1.82, 2.24) is 9.78 Å². The van der Waals surface area contributed by atoms with Gasteiger partial charge in [-0.25, -0.2) is 0 Å². The lowest BCUT2D eigenvalue weighted by molar-refractivity contribution is -0.137. The van der Waals surface area contributed by atoms with E-state index in [0.717, 1.165) is 17.7 Å². The van der Waals surface area contributed by atoms with Gasteiger partial charge in [0, 0.05) is 18.4 Å². The number of anilines is 1. The fourth-order valence-electron chi connectivity index (χ4n) is 2.50. The summed E-state index contributed by atoms with van der Waals surface area (Å²) in [5.74, 6) is -1.03. The van der Waals surface area contributed by atoms with E-state index >= 15 is 0 Å². The number of para-hydroxylation sites is 1. The fourth-order valence-corrected chi connectivity index (χ4v) is 2.50. The molecule has 108 valence electrons. The van der Waals surface area contributed by atoms with Gasteiger partial charge in [0.25, 0.3) is 5.91 Å². The molecular formula is C15H15N3O3. The van der Waals surface area contributed by atoms with Crippen molar-refractivity contribution in [3.63, 3.8) is 0 Å². The second kappa shape index (κ2) is 5.40. The van der Waals surface area contributed by atoms with Crippen LogP contribution in [0.4, 0.5) is 5.69 Å². The van der Waals surface area contributed by atoms with Crippen molar-refractivity contribution in [3.8, 4) is 0 Å². The summed E-state index contributed by atoms with van der Waals surface area (Å²) < 4.78 is 1.49. The predicted molar refractivity (Wildman–Crippen MR) is 76.3 cm³/mol. The lowest BCUT2D eigenvalue weighted by Crippen LogP contribution is -2.29. The van der Waals surface area contributed by atoms with Gasteiger partial charge in [0.1, 0.15) is 0 Å². The molecule has 0 atom stereocenters. The molecule has 1 aromatic carbocycles. The third-order valence-electron chi connectivity index (χ3n) is 3.55. The molecule has 2 heterocycles. The number of carboxylic acids is 1. The van der Waals surface area contributed by atoms with Crippen molar-refractivity contribution < 1.29 is 14.7 Å². The average molecular weight is 285 g/mol. The van der Waals surface area contributed by atoms with Crippen LogP contribution in [0.2, 0.25) is 0 Å². The first kappa shape index (κ1) is 13.4. The van der Waals surface area contributed by atoms with Gasteiger partial charge in [-0.15, -0.1) is 0 Å². The summed E-state index contributed by atoms with van der Waals surface area (Å²) in [6.07, 6.45) is 2.47. The number of carboxylic acid groups (broad SMARTS) is 1. The number of aliphatic carboxylic acids is 1. The highest BCUT2D eigenvalue weighted by Crippen LogP contribution is 2.28. The van der Waals surface area contributed by atoms with Crippen molar-refractivity contribution >= 4 is 17.6 Å². The van der Waals surface area contributed by atoms with Crippen molar-refractivity contribution in [2.24, 2.45) is 0 Å². The van der Waals surface area contributed by atoms with Crippen LogP contribution < -0.4 is 4.90 Å². The number of rotatable bonds is 4. The van der Waals surface area contributed by atoms with Gasteiger partial charge in [-0.3, -0.25) is 14.3 Å². The zero-order chi connectivity index (χ0) is 14.8. The topological polar surface area (TPSA) is 75.4 Å². The molecule has 3 rings (SSSR count). The van der Waals surface area contributed by atoms with Crippen molar-refractivity contribution in [3.05, 3.63) is 47.8 Å². The van der Waals surface area contributed by atoms with E-state index in [2.05, 4.69) is 5.10 Å². The molecule has 1 aliphatic rings. The molecule has 1 amide bonds. The molecule has 0 aliphatic carbocycles. The normalized spacial score (nSPS) is 13.2. The number of fused-ring (bicyclic) bond motifs is 1. The SMILES string of the molecule is O=C(O)CCn1ccc(C(=O)N2CCc3ccccc32)n1. The number of amides is 1. The van der Waals surface area contributed by atoms with Crippen molar-refractivity contribution in [2.75, 3.05) is 11.4 Å². The van der Waals surface area contributed by atoms with Gasteiger partial charge in [-0.2, -0.15) is 5.10 Å². The maximum atomic E-state index is 12.5. The third kappa shape index (κ3) is 2.65. The number of nitrogens with zero attached hydrogens (tertiary/aromatic N) is 3. The highest BCUT2D eigenvalue weighted by Gasteiger charge is 2.26. The molecule has 21 heavy (non-hydrogen) atoms. The minimum atomic E-state index is -0.883. The van der Waals surface area contributed by atoms with Gasteiger partial charge in [0.2, 0.25) is 0 Å². The predicted octanol–water partition coefficient (Wildman–Crippen LogP) is 1.56. The van der Waals surface area contributed by atoms with E-state index in [0.29, 0.717) is 12.2 Å². The number of hydrogen-bond acceptors (Lipinski definition) is 3. The first-order valence-corrected chi connectivity index (χ1v) is 6.80. The number of carbonyl (C=O) groups is 2. The molecule has 0 fully saturated rings. The van der Waals surface area contributed by atoms with E-state index in [1.807, 2.05) is 24.3 Å². The Kier molecular flexibility index (Phi) is 3.43. The summed E-state index contributed by atoms with van der Waals surface area (Å²) in [5.41, 5.74) is 2.44. The minimum Gasteiger partial charge on any atom is -0.481 e. The Morgan fingerprint density at radius 3 is 2.86 bits per heavy atom. The number of carbonyl (C=O) groups excluding carboxylic acids is 1. The molecule has 0 saturated heterocycles. The summed E-state index contributed by atoms with van der Waals surface area (Å²) in [6.45, 7) is 0.916. The van der Waals surface area contributed by atoms with E-state index in [4.69, 9.17) is 5.11 Å². The van der Waals surface area contributed by atoms with Crippen LogP contribution in [0.5, 0.6) is 0 Å². The van der Waals surface area contributed by atoms with Crippen molar-refractivity contribution in [2.45, 2.75) is 19.4 Å². The van der Waals surface area contributed by atoms with Crippen LogP contribution in [0.15, 0.2) is 36.5 Å². The fraction of sp³-hybridized carbons (Fsp3) is 0.267. The summed E-state index contributed by atoms with van der Waals surface area (Å²) in [5, 5.41) is 12.8. The van der Waals surface area contributed by atoms with Crippen LogP contribution in [0.1, 0.15) is 22.5 Å². The molecule has 1 aliphatic heterocycles. The molecule has 6 heteroatoms. The number of benzene rings is 1. The van der Waals surface area contributed by atoms with Gasteiger partial charge in [-0.1, -0.05) is 18.2 Å². The molecule has 0 unspecified atom stereocenters. The van der Waals surface area contributed by atoms with Gasteiger partial charge < -0.3 is 10.0 Å². The highest BCUT2D eigenvalue weighted by molar-refractivity contribution is 6.05. The maximum absolute atomic E-state index is 12.5. The van der Waals surface area contributed by atoms with Crippen LogP contribution in [0.25, 0.3) is 0 Å². The number of aromatic nitrogens is 2. The molecule has 0 saturated carbocycles. The van der Waals surface area contributed by atoms with E-state index < -0.39 is 5.97 Å². The Labute approximate surface area is 121 Å². The molecular weight excluding hydrogens is 270 g/mol. The van der Waals surface area contributed by atoms with Crippen molar-refractivity contribution in [1.29, 1.82) is 0 Å². The zero-order valence-electron chi connectivity index (χ0n) is 11.4. The molecule has 1 N–H and O–H groups in total. The van der Waals surface area contributed by atoms with E-state index in [9.17, 15) is 9.59 Å². The van der Waals surface area contributed by atoms with Crippen LogP contribution >= 0.6 is 0 Å². The van der Waals surface area contributed by atoms with E-state index in [-0.39, 0.29) is 18.9 Å². The largest absolute Gasteiger partial charge is 0.481 e.